The monoisotopic (exact) mass is 330 g/mol. The van der Waals surface area contributed by atoms with Crippen LogP contribution in [-0.4, -0.2) is 6.61 Å². The van der Waals surface area contributed by atoms with Crippen molar-refractivity contribution in [2.45, 2.75) is 6.42 Å². The summed E-state index contributed by atoms with van der Waals surface area (Å²) < 4.78 is 10.7. The van der Waals surface area contributed by atoms with Crippen LogP contribution in [0.5, 0.6) is 5.95 Å². The van der Waals surface area contributed by atoms with Gasteiger partial charge < -0.3 is 20.6 Å². The number of fused-ring (bicyclic) bond motifs is 1. The van der Waals surface area contributed by atoms with E-state index in [2.05, 4.69) is 0 Å². The highest BCUT2D eigenvalue weighted by molar-refractivity contribution is 6.38. The van der Waals surface area contributed by atoms with Crippen LogP contribution in [0.2, 0.25) is 5.02 Å². The molecule has 5 nitrogen and oxygen atoms in total. The highest BCUT2D eigenvalue weighted by Crippen LogP contribution is 2.36. The Balaban J connectivity index is 1.91. The Morgan fingerprint density at radius 1 is 1.09 bits per heavy atom. The van der Waals surface area contributed by atoms with E-state index in [1.807, 2.05) is 30.3 Å². The van der Waals surface area contributed by atoms with Gasteiger partial charge in [-0.2, -0.15) is 0 Å². The first-order valence-corrected chi connectivity index (χ1v) is 7.42. The van der Waals surface area contributed by atoms with Gasteiger partial charge in [-0.25, -0.2) is 4.79 Å². The van der Waals surface area contributed by atoms with E-state index in [1.54, 1.807) is 6.07 Å². The molecular formula is C17H15ClN2O3. The third-order valence-corrected chi connectivity index (χ3v) is 3.89. The molecule has 0 radical (unpaired) electrons. The summed E-state index contributed by atoms with van der Waals surface area (Å²) in [7, 11) is 0. The standard InChI is InChI=1S/C17H15ClN2O3/c18-14-13-11(6-7-12(19)15(13)20)16(21)23-17(14)22-9-8-10-4-2-1-3-5-10/h1-7H,8-9,19-20H2. The summed E-state index contributed by atoms with van der Waals surface area (Å²) in [6.45, 7) is 0.320. The average Bonchev–Trinajstić information content (AvgIpc) is 2.55. The SMILES string of the molecule is Nc1ccc2c(=O)oc(OCCc3ccccc3)c(Cl)c2c1N. The molecule has 118 valence electrons. The van der Waals surface area contributed by atoms with Gasteiger partial charge in [-0.15, -0.1) is 0 Å². The Hall–Kier alpha value is -2.66. The summed E-state index contributed by atoms with van der Waals surface area (Å²) in [4.78, 5) is 12.0. The van der Waals surface area contributed by atoms with Gasteiger partial charge in [-0.1, -0.05) is 41.9 Å². The zero-order valence-corrected chi connectivity index (χ0v) is 13.0. The van der Waals surface area contributed by atoms with Gasteiger partial charge in [0.15, 0.2) is 0 Å². The molecule has 0 saturated carbocycles. The molecule has 0 atom stereocenters. The predicted octanol–water partition coefficient (Wildman–Crippen LogP) is 3.23. The first kappa shape index (κ1) is 15.2. The maximum atomic E-state index is 12.0. The molecule has 3 aromatic rings. The number of nitrogen functional groups attached to an aromatic ring is 2. The highest BCUT2D eigenvalue weighted by atomic mass is 35.5. The van der Waals surface area contributed by atoms with Crippen LogP contribution >= 0.6 is 11.6 Å². The minimum atomic E-state index is -0.564. The molecule has 0 spiro atoms. The van der Waals surface area contributed by atoms with Crippen LogP contribution in [0.3, 0.4) is 0 Å². The van der Waals surface area contributed by atoms with Crippen molar-refractivity contribution in [3.05, 3.63) is 63.5 Å². The molecule has 6 heteroatoms. The molecule has 1 aromatic heterocycles. The summed E-state index contributed by atoms with van der Waals surface area (Å²) >= 11 is 6.28. The van der Waals surface area contributed by atoms with Crippen molar-refractivity contribution < 1.29 is 9.15 Å². The molecule has 0 aliphatic carbocycles. The number of rotatable bonds is 4. The fourth-order valence-corrected chi connectivity index (χ4v) is 2.62. The molecule has 0 amide bonds. The fourth-order valence-electron chi connectivity index (χ4n) is 2.33. The van der Waals surface area contributed by atoms with Gasteiger partial charge in [0.25, 0.3) is 0 Å². The summed E-state index contributed by atoms with van der Waals surface area (Å²) in [5.74, 6) is -0.0441. The van der Waals surface area contributed by atoms with Gasteiger partial charge in [0.2, 0.25) is 0 Å². The van der Waals surface area contributed by atoms with Crippen molar-refractivity contribution in [2.75, 3.05) is 18.1 Å². The van der Waals surface area contributed by atoms with Crippen molar-refractivity contribution in [2.24, 2.45) is 0 Å². The summed E-state index contributed by atoms with van der Waals surface area (Å²) in [6, 6.07) is 12.9. The van der Waals surface area contributed by atoms with E-state index in [-0.39, 0.29) is 22.0 Å². The fraction of sp³-hybridized carbons (Fsp3) is 0.118. The van der Waals surface area contributed by atoms with E-state index in [1.165, 1.54) is 6.07 Å². The zero-order valence-electron chi connectivity index (χ0n) is 12.2. The molecule has 0 unspecified atom stereocenters. The lowest BCUT2D eigenvalue weighted by atomic mass is 10.1. The van der Waals surface area contributed by atoms with E-state index in [0.29, 0.717) is 24.1 Å². The van der Waals surface area contributed by atoms with Crippen molar-refractivity contribution >= 4 is 33.7 Å². The number of anilines is 2. The number of halogens is 1. The summed E-state index contributed by atoms with van der Waals surface area (Å²) in [6.07, 6.45) is 0.658. The molecule has 0 bridgehead atoms. The molecule has 2 aromatic carbocycles. The van der Waals surface area contributed by atoms with Gasteiger partial charge in [0.1, 0.15) is 5.02 Å². The van der Waals surface area contributed by atoms with Gasteiger partial charge >= 0.3 is 11.6 Å². The summed E-state index contributed by atoms with van der Waals surface area (Å²) in [5.41, 5.74) is 12.8. The van der Waals surface area contributed by atoms with Crippen LogP contribution in [0, 0.1) is 0 Å². The molecule has 0 aliphatic heterocycles. The molecule has 3 rings (SSSR count). The van der Waals surface area contributed by atoms with E-state index in [4.69, 9.17) is 32.2 Å². The van der Waals surface area contributed by atoms with Crippen molar-refractivity contribution in [3.63, 3.8) is 0 Å². The quantitative estimate of drug-likeness (QED) is 0.716. The van der Waals surface area contributed by atoms with Gasteiger partial charge in [0.05, 0.1) is 23.4 Å². The third kappa shape index (κ3) is 2.96. The van der Waals surface area contributed by atoms with Crippen LogP contribution in [0.1, 0.15) is 5.56 Å². The minimum absolute atomic E-state index is 0.0441. The lowest BCUT2D eigenvalue weighted by molar-refractivity contribution is 0.235. The second-order valence-corrected chi connectivity index (χ2v) is 5.44. The highest BCUT2D eigenvalue weighted by Gasteiger charge is 2.17. The Morgan fingerprint density at radius 3 is 2.57 bits per heavy atom. The number of nitrogens with two attached hydrogens (primary N) is 2. The smallest absolute Gasteiger partial charge is 0.346 e. The second-order valence-electron chi connectivity index (χ2n) is 5.07. The van der Waals surface area contributed by atoms with Crippen LogP contribution in [0.15, 0.2) is 51.7 Å². The topological polar surface area (TPSA) is 91.5 Å². The maximum absolute atomic E-state index is 12.0. The first-order valence-electron chi connectivity index (χ1n) is 7.05. The largest absolute Gasteiger partial charge is 0.464 e. The van der Waals surface area contributed by atoms with Crippen molar-refractivity contribution in [3.8, 4) is 5.95 Å². The second kappa shape index (κ2) is 6.22. The van der Waals surface area contributed by atoms with Gasteiger partial charge in [-0.3, -0.25) is 0 Å². The number of ether oxygens (including phenoxy) is 1. The molecular weight excluding hydrogens is 316 g/mol. The molecule has 0 fully saturated rings. The lowest BCUT2D eigenvalue weighted by Gasteiger charge is -2.10. The number of benzene rings is 2. The van der Waals surface area contributed by atoms with E-state index in [9.17, 15) is 4.79 Å². The van der Waals surface area contributed by atoms with Gasteiger partial charge in [0, 0.05) is 11.8 Å². The van der Waals surface area contributed by atoms with E-state index < -0.39 is 5.63 Å². The lowest BCUT2D eigenvalue weighted by Crippen LogP contribution is -2.08. The zero-order chi connectivity index (χ0) is 16.4. The maximum Gasteiger partial charge on any atom is 0.346 e. The van der Waals surface area contributed by atoms with Crippen molar-refractivity contribution in [1.29, 1.82) is 0 Å². The molecule has 23 heavy (non-hydrogen) atoms. The molecule has 4 N–H and O–H groups in total. The normalized spacial score (nSPS) is 10.8. The van der Waals surface area contributed by atoms with Crippen molar-refractivity contribution in [1.82, 2.24) is 0 Å². The predicted molar refractivity (Wildman–Crippen MR) is 92.0 cm³/mol. The minimum Gasteiger partial charge on any atom is -0.464 e. The van der Waals surface area contributed by atoms with Crippen LogP contribution in [0.4, 0.5) is 11.4 Å². The van der Waals surface area contributed by atoms with Crippen LogP contribution in [0.25, 0.3) is 10.8 Å². The Morgan fingerprint density at radius 2 is 1.83 bits per heavy atom. The van der Waals surface area contributed by atoms with E-state index >= 15 is 0 Å². The first-order chi connectivity index (χ1) is 11.1. The Kier molecular flexibility index (Phi) is 4.12. The molecule has 0 saturated heterocycles. The molecule has 1 heterocycles. The van der Waals surface area contributed by atoms with E-state index in [0.717, 1.165) is 5.56 Å². The van der Waals surface area contributed by atoms with Crippen LogP contribution < -0.4 is 21.8 Å². The molecule has 0 aliphatic rings. The Bertz CT molecular complexity index is 907. The number of hydrogen-bond acceptors (Lipinski definition) is 5. The average molecular weight is 331 g/mol. The summed E-state index contributed by atoms with van der Waals surface area (Å²) in [5, 5.41) is 0.784. The Labute approximate surface area is 137 Å². The van der Waals surface area contributed by atoms with Crippen LogP contribution in [-0.2, 0) is 6.42 Å². The van der Waals surface area contributed by atoms with Gasteiger partial charge in [-0.05, 0) is 17.7 Å². The third-order valence-electron chi connectivity index (χ3n) is 3.55. The number of hydrogen-bond donors (Lipinski definition) is 2.